The number of fused-ring (bicyclic) bond motifs is 5. The van der Waals surface area contributed by atoms with Gasteiger partial charge in [0.25, 0.3) is 0 Å². The van der Waals surface area contributed by atoms with Crippen molar-refractivity contribution in [2.45, 2.75) is 5.41 Å². The summed E-state index contributed by atoms with van der Waals surface area (Å²) in [5.41, 5.74) is 6.33. The van der Waals surface area contributed by atoms with E-state index < -0.39 is 12.6 Å². The van der Waals surface area contributed by atoms with Gasteiger partial charge < -0.3 is 4.57 Å². The van der Waals surface area contributed by atoms with Crippen LogP contribution >= 0.6 is 7.14 Å². The van der Waals surface area contributed by atoms with Crippen LogP contribution in [0, 0.1) is 0 Å². The second-order valence-corrected chi connectivity index (χ2v) is 13.1. The van der Waals surface area contributed by atoms with Crippen molar-refractivity contribution in [2.24, 2.45) is 0 Å². The fourth-order valence-corrected chi connectivity index (χ4v) is 10.3. The van der Waals surface area contributed by atoms with Crippen LogP contribution < -0.4 is 10.6 Å². The second kappa shape index (κ2) is 8.27. The molecule has 184 valence electrons. The van der Waals surface area contributed by atoms with Crippen molar-refractivity contribution < 1.29 is 4.57 Å². The van der Waals surface area contributed by atoms with Crippen LogP contribution in [0.15, 0.2) is 152 Å². The normalized spacial score (nSPS) is 18.6. The molecule has 0 saturated heterocycles. The molecule has 1 atom stereocenters. The van der Waals surface area contributed by atoms with E-state index in [9.17, 15) is 0 Å². The highest BCUT2D eigenvalue weighted by Gasteiger charge is 2.57. The van der Waals surface area contributed by atoms with Crippen LogP contribution in [0.2, 0.25) is 0 Å². The molecule has 0 amide bonds. The zero-order valence-corrected chi connectivity index (χ0v) is 22.2. The molecule has 1 nitrogen and oxygen atoms in total. The maximum absolute atomic E-state index is 15.9. The van der Waals surface area contributed by atoms with Gasteiger partial charge in [0.15, 0.2) is 7.14 Å². The van der Waals surface area contributed by atoms with E-state index in [0.29, 0.717) is 0 Å². The van der Waals surface area contributed by atoms with Gasteiger partial charge in [-0.25, -0.2) is 0 Å². The topological polar surface area (TPSA) is 17.1 Å². The molecule has 0 fully saturated rings. The second-order valence-electron chi connectivity index (χ2n) is 10.4. The van der Waals surface area contributed by atoms with Crippen molar-refractivity contribution >= 4 is 39.4 Å². The molecule has 2 heteroatoms. The van der Waals surface area contributed by atoms with E-state index in [4.69, 9.17) is 0 Å². The predicted octanol–water partition coefficient (Wildman–Crippen LogP) is 8.38. The minimum Gasteiger partial charge on any atom is -0.309 e. The summed E-state index contributed by atoms with van der Waals surface area (Å²) < 4.78 is 15.9. The molecule has 39 heavy (non-hydrogen) atoms. The fraction of sp³-hybridized carbons (Fsp3) is 0.0270. The first kappa shape index (κ1) is 22.5. The largest absolute Gasteiger partial charge is 0.309 e. The Labute approximate surface area is 228 Å². The molecule has 1 heterocycles. The maximum atomic E-state index is 15.9. The summed E-state index contributed by atoms with van der Waals surface area (Å²) in [5, 5.41) is 5.10. The first-order valence-corrected chi connectivity index (χ1v) is 15.1. The Bertz CT molecular complexity index is 1930. The summed E-state index contributed by atoms with van der Waals surface area (Å²) in [6, 6.07) is 53.2. The lowest BCUT2D eigenvalue weighted by Gasteiger charge is -2.36. The summed E-state index contributed by atoms with van der Waals surface area (Å²) in [4.78, 5) is 0. The van der Waals surface area contributed by atoms with Crippen molar-refractivity contribution in [1.29, 1.82) is 0 Å². The standard InChI is InChI=1S/C37H25OP/c38-39(30-20-8-3-9-21-30)34-25-27-15-11-10-14-26(27)24-32(34)35-36(39)31-22-12-13-23-33(31)37(35,28-16-4-1-5-17-28)29-18-6-2-7-19-29/h1-25H. The zero-order valence-electron chi connectivity index (χ0n) is 21.3. The van der Waals surface area contributed by atoms with E-state index in [2.05, 4.69) is 121 Å². The van der Waals surface area contributed by atoms with E-state index in [1.807, 2.05) is 30.3 Å². The van der Waals surface area contributed by atoms with Crippen LogP contribution in [-0.4, -0.2) is 0 Å². The lowest BCUT2D eigenvalue weighted by molar-refractivity contribution is 0.593. The molecule has 1 aliphatic carbocycles. The molecule has 0 spiro atoms. The first-order chi connectivity index (χ1) is 19.2. The van der Waals surface area contributed by atoms with E-state index in [1.165, 1.54) is 16.7 Å². The highest BCUT2D eigenvalue weighted by molar-refractivity contribution is 7.88. The van der Waals surface area contributed by atoms with Crippen molar-refractivity contribution in [3.8, 4) is 0 Å². The molecule has 6 aromatic carbocycles. The Morgan fingerprint density at radius 1 is 0.487 bits per heavy atom. The van der Waals surface area contributed by atoms with E-state index in [1.54, 1.807) is 0 Å². The Hall–Kier alpha value is -4.45. The van der Waals surface area contributed by atoms with Crippen molar-refractivity contribution in [1.82, 2.24) is 0 Å². The lowest BCUT2D eigenvalue weighted by atomic mass is 9.65. The van der Waals surface area contributed by atoms with Crippen molar-refractivity contribution in [3.63, 3.8) is 0 Å². The summed E-state index contributed by atoms with van der Waals surface area (Å²) in [5.74, 6) is 0. The van der Waals surface area contributed by atoms with Crippen molar-refractivity contribution in [2.75, 3.05) is 0 Å². The summed E-state index contributed by atoms with van der Waals surface area (Å²) in [6.07, 6.45) is 0. The van der Waals surface area contributed by atoms with Gasteiger partial charge in [-0.2, -0.15) is 0 Å². The quantitative estimate of drug-likeness (QED) is 0.216. The van der Waals surface area contributed by atoms with Crippen LogP contribution in [0.3, 0.4) is 0 Å². The molecule has 0 N–H and O–H groups in total. The maximum Gasteiger partial charge on any atom is 0.172 e. The average Bonchev–Trinajstić information content (AvgIpc) is 3.46. The molecule has 1 aliphatic heterocycles. The van der Waals surface area contributed by atoms with Gasteiger partial charge in [-0.3, -0.25) is 0 Å². The van der Waals surface area contributed by atoms with Gasteiger partial charge in [0.2, 0.25) is 0 Å². The molecular weight excluding hydrogens is 491 g/mol. The average molecular weight is 517 g/mol. The van der Waals surface area contributed by atoms with Crippen LogP contribution in [0.25, 0.3) is 21.7 Å². The highest BCUT2D eigenvalue weighted by atomic mass is 31.2. The third kappa shape index (κ3) is 2.89. The van der Waals surface area contributed by atoms with Gasteiger partial charge in [0.1, 0.15) is 0 Å². The number of allylic oxidation sites excluding steroid dienone is 1. The Morgan fingerprint density at radius 2 is 1.00 bits per heavy atom. The molecular formula is C37H25OP. The zero-order chi connectivity index (χ0) is 26.0. The molecule has 0 bridgehead atoms. The van der Waals surface area contributed by atoms with Crippen LogP contribution in [0.5, 0.6) is 0 Å². The Morgan fingerprint density at radius 3 is 1.64 bits per heavy atom. The molecule has 0 aromatic heterocycles. The van der Waals surface area contributed by atoms with Gasteiger partial charge in [0.05, 0.1) is 5.41 Å². The Kier molecular flexibility index (Phi) is 4.78. The Balaban J connectivity index is 1.61. The number of hydrogen-bond donors (Lipinski definition) is 0. The molecule has 6 aromatic rings. The van der Waals surface area contributed by atoms with Crippen molar-refractivity contribution in [3.05, 3.63) is 179 Å². The van der Waals surface area contributed by atoms with Gasteiger partial charge in [0, 0.05) is 15.9 Å². The molecule has 0 radical (unpaired) electrons. The molecule has 8 rings (SSSR count). The summed E-state index contributed by atoms with van der Waals surface area (Å²) >= 11 is 0. The number of benzene rings is 6. The van der Waals surface area contributed by atoms with Gasteiger partial charge in [-0.1, -0.05) is 140 Å². The van der Waals surface area contributed by atoms with E-state index >= 15 is 4.57 Å². The molecule has 1 unspecified atom stereocenters. The molecule has 2 aliphatic rings. The number of rotatable bonds is 3. The minimum atomic E-state index is -3.19. The highest BCUT2D eigenvalue weighted by Crippen LogP contribution is 2.73. The van der Waals surface area contributed by atoms with E-state index in [0.717, 1.165) is 43.4 Å². The fourth-order valence-electron chi connectivity index (χ4n) is 6.98. The van der Waals surface area contributed by atoms with Crippen LogP contribution in [-0.2, 0) is 9.98 Å². The smallest absolute Gasteiger partial charge is 0.172 e. The lowest BCUT2D eigenvalue weighted by Crippen LogP contribution is -2.30. The SMILES string of the molecule is O=P1(c2ccccc2)C2=C(c3cc4ccccc4cc31)C(c1ccccc1)(c1ccccc1)c1ccccc12. The van der Waals surface area contributed by atoms with Gasteiger partial charge >= 0.3 is 0 Å². The predicted molar refractivity (Wildman–Crippen MR) is 163 cm³/mol. The van der Waals surface area contributed by atoms with E-state index in [-0.39, 0.29) is 0 Å². The van der Waals surface area contributed by atoms with Crippen LogP contribution in [0.4, 0.5) is 0 Å². The number of hydrogen-bond acceptors (Lipinski definition) is 1. The third-order valence-electron chi connectivity index (χ3n) is 8.52. The third-order valence-corrected chi connectivity index (χ3v) is 11.7. The van der Waals surface area contributed by atoms with Gasteiger partial charge in [-0.05, 0) is 56.3 Å². The molecule has 0 saturated carbocycles. The monoisotopic (exact) mass is 516 g/mol. The first-order valence-electron chi connectivity index (χ1n) is 13.4. The van der Waals surface area contributed by atoms with Gasteiger partial charge in [-0.15, -0.1) is 0 Å². The minimum absolute atomic E-state index is 0.591. The summed E-state index contributed by atoms with van der Waals surface area (Å²) in [7, 11) is -3.19. The van der Waals surface area contributed by atoms with Crippen LogP contribution in [0.1, 0.15) is 27.8 Å². The summed E-state index contributed by atoms with van der Waals surface area (Å²) in [6.45, 7) is 0.